The molecule has 1 atom stereocenters. The number of hydrogen-bond donors (Lipinski definition) is 1. The van der Waals surface area contributed by atoms with Crippen molar-refractivity contribution in [2.75, 3.05) is 31.1 Å². The fourth-order valence-corrected chi connectivity index (χ4v) is 4.55. The number of likely N-dealkylation sites (tertiary alicyclic amines) is 1. The van der Waals surface area contributed by atoms with E-state index < -0.39 is 18.1 Å². The highest BCUT2D eigenvalue weighted by Crippen LogP contribution is 2.45. The summed E-state index contributed by atoms with van der Waals surface area (Å²) in [4.78, 5) is 37.2. The summed E-state index contributed by atoms with van der Waals surface area (Å²) in [5.41, 5.74) is 0.264. The lowest BCUT2D eigenvalue weighted by Crippen LogP contribution is -2.67. The van der Waals surface area contributed by atoms with Crippen molar-refractivity contribution < 1.29 is 36.6 Å². The number of nitrogens with zero attached hydrogens (tertiary/aromatic N) is 3. The standard InChI is InChI=1S/C18H23F2N3O2.C2HF3O2/c1-21-10-14(3-4-15(21)24)23-12-17(16(23)25)5-2-6-22(11-17)9-13-7-18(19,20)8-13;3-2(4,5)1(6)7/h3-4,10,13H,2,5-9,11-12H2,1H3;(H,6,7). The molecule has 178 valence electrons. The molecule has 1 amide bonds. The molecule has 1 N–H and O–H groups in total. The lowest BCUT2D eigenvalue weighted by molar-refractivity contribution is -0.192. The maximum atomic E-state index is 13.0. The van der Waals surface area contributed by atoms with Gasteiger partial charge in [0.1, 0.15) is 0 Å². The van der Waals surface area contributed by atoms with Gasteiger partial charge >= 0.3 is 12.1 Å². The van der Waals surface area contributed by atoms with E-state index in [1.54, 1.807) is 24.2 Å². The van der Waals surface area contributed by atoms with Gasteiger partial charge in [0.25, 0.3) is 0 Å². The molecule has 0 bridgehead atoms. The molecule has 12 heteroatoms. The van der Waals surface area contributed by atoms with Crippen LogP contribution in [0.2, 0.25) is 0 Å². The molecule has 1 aliphatic carbocycles. The molecule has 1 unspecified atom stereocenters. The van der Waals surface area contributed by atoms with Crippen LogP contribution in [0.15, 0.2) is 23.1 Å². The number of carbonyl (C=O) groups excluding carboxylic acids is 1. The van der Waals surface area contributed by atoms with Crippen LogP contribution >= 0.6 is 0 Å². The lowest BCUT2D eigenvalue weighted by atomic mass is 9.71. The van der Waals surface area contributed by atoms with Crippen molar-refractivity contribution in [1.82, 2.24) is 9.47 Å². The van der Waals surface area contributed by atoms with Gasteiger partial charge < -0.3 is 19.5 Å². The summed E-state index contributed by atoms with van der Waals surface area (Å²) in [6.07, 6.45) is -1.66. The quantitative estimate of drug-likeness (QED) is 0.548. The number of hydrogen-bond acceptors (Lipinski definition) is 4. The van der Waals surface area contributed by atoms with Crippen LogP contribution in [-0.4, -0.2) is 64.7 Å². The van der Waals surface area contributed by atoms with Crippen molar-refractivity contribution >= 4 is 17.6 Å². The molecule has 0 radical (unpaired) electrons. The predicted octanol–water partition coefficient (Wildman–Crippen LogP) is 2.49. The van der Waals surface area contributed by atoms with Crippen molar-refractivity contribution in [3.63, 3.8) is 0 Å². The number of alkyl halides is 5. The van der Waals surface area contributed by atoms with E-state index in [-0.39, 0.29) is 35.6 Å². The van der Waals surface area contributed by atoms with Crippen LogP contribution in [0.3, 0.4) is 0 Å². The van der Waals surface area contributed by atoms with Crippen molar-refractivity contribution in [1.29, 1.82) is 0 Å². The van der Waals surface area contributed by atoms with Gasteiger partial charge in [-0.1, -0.05) is 0 Å². The molecule has 7 nitrogen and oxygen atoms in total. The molecule has 3 heterocycles. The van der Waals surface area contributed by atoms with Gasteiger partial charge in [0.2, 0.25) is 17.4 Å². The summed E-state index contributed by atoms with van der Waals surface area (Å²) in [5, 5.41) is 7.12. The molecule has 1 aromatic heterocycles. The first-order valence-electron chi connectivity index (χ1n) is 10.1. The first-order valence-corrected chi connectivity index (χ1v) is 10.1. The van der Waals surface area contributed by atoms with Gasteiger partial charge in [-0.05, 0) is 31.4 Å². The van der Waals surface area contributed by atoms with E-state index >= 15 is 0 Å². The monoisotopic (exact) mass is 465 g/mol. The molecule has 2 saturated heterocycles. The van der Waals surface area contributed by atoms with E-state index in [1.165, 1.54) is 10.6 Å². The van der Waals surface area contributed by atoms with Gasteiger partial charge in [-0.3, -0.25) is 9.59 Å². The van der Waals surface area contributed by atoms with Gasteiger partial charge in [-0.15, -0.1) is 0 Å². The highest BCUT2D eigenvalue weighted by molar-refractivity contribution is 6.04. The van der Waals surface area contributed by atoms with E-state index in [1.807, 2.05) is 0 Å². The predicted molar refractivity (Wildman–Crippen MR) is 104 cm³/mol. The van der Waals surface area contributed by atoms with Gasteiger partial charge in [0.05, 0.1) is 11.1 Å². The fraction of sp³-hybridized carbons (Fsp3) is 0.650. The average Bonchev–Trinajstić information content (AvgIpc) is 2.67. The summed E-state index contributed by atoms with van der Waals surface area (Å²) in [5.74, 6) is -5.09. The third-order valence-electron chi connectivity index (χ3n) is 6.13. The number of rotatable bonds is 3. The van der Waals surface area contributed by atoms with Crippen LogP contribution in [0.4, 0.5) is 27.6 Å². The minimum Gasteiger partial charge on any atom is -0.475 e. The number of pyridine rings is 1. The number of halogens is 5. The Labute approximate surface area is 180 Å². The molecule has 1 aromatic rings. The van der Waals surface area contributed by atoms with E-state index in [0.29, 0.717) is 19.6 Å². The number of carboxylic acid groups (broad SMARTS) is 1. The van der Waals surface area contributed by atoms with Crippen LogP contribution in [0.1, 0.15) is 25.7 Å². The highest BCUT2D eigenvalue weighted by Gasteiger charge is 2.55. The molecule has 3 fully saturated rings. The fourth-order valence-electron chi connectivity index (χ4n) is 4.55. The zero-order valence-corrected chi connectivity index (χ0v) is 17.4. The molecule has 1 spiro atoms. The number of piperidine rings is 1. The number of amides is 1. The van der Waals surface area contributed by atoms with Crippen molar-refractivity contribution in [3.8, 4) is 0 Å². The minimum absolute atomic E-state index is 0.0192. The van der Waals surface area contributed by atoms with Crippen LogP contribution < -0.4 is 10.5 Å². The number of carboxylic acids is 1. The Bertz CT molecular complexity index is 940. The average molecular weight is 465 g/mol. The number of aryl methyl sites for hydroxylation is 1. The van der Waals surface area contributed by atoms with E-state index in [2.05, 4.69) is 4.90 Å². The van der Waals surface area contributed by atoms with Crippen molar-refractivity contribution in [2.24, 2.45) is 18.4 Å². The Kier molecular flexibility index (Phi) is 6.38. The van der Waals surface area contributed by atoms with Crippen LogP contribution in [0.5, 0.6) is 0 Å². The normalized spacial score (nSPS) is 25.6. The molecule has 4 rings (SSSR count). The van der Waals surface area contributed by atoms with Gasteiger partial charge in [0, 0.05) is 51.8 Å². The third kappa shape index (κ3) is 5.11. The number of anilines is 1. The molecule has 1 saturated carbocycles. The Morgan fingerprint density at radius 3 is 2.31 bits per heavy atom. The SMILES string of the molecule is Cn1cc(N2CC3(CCCN(CC4CC(F)(F)C4)C3)C2=O)ccc1=O.O=C(O)C(F)(F)F. The van der Waals surface area contributed by atoms with Gasteiger partial charge in [0.15, 0.2) is 0 Å². The summed E-state index contributed by atoms with van der Waals surface area (Å²) in [6.45, 7) is 2.86. The van der Waals surface area contributed by atoms with Crippen LogP contribution in [0, 0.1) is 11.3 Å². The first-order chi connectivity index (χ1) is 14.7. The Balaban J connectivity index is 0.000000360. The molecule has 2 aliphatic heterocycles. The summed E-state index contributed by atoms with van der Waals surface area (Å²) < 4.78 is 59.3. The first kappa shape index (κ1) is 24.1. The summed E-state index contributed by atoms with van der Waals surface area (Å²) in [7, 11) is 1.67. The zero-order chi connectivity index (χ0) is 23.9. The van der Waals surface area contributed by atoms with Crippen LogP contribution in [0.25, 0.3) is 0 Å². The smallest absolute Gasteiger partial charge is 0.475 e. The highest BCUT2D eigenvalue weighted by atomic mass is 19.4. The summed E-state index contributed by atoms with van der Waals surface area (Å²) in [6, 6.07) is 3.15. The van der Waals surface area contributed by atoms with Crippen LogP contribution in [-0.2, 0) is 16.6 Å². The molecular weight excluding hydrogens is 441 g/mol. The largest absolute Gasteiger partial charge is 0.490 e. The van der Waals surface area contributed by atoms with E-state index in [0.717, 1.165) is 25.1 Å². The lowest BCUT2D eigenvalue weighted by Gasteiger charge is -2.54. The number of β-lactam (4-membered cyclic amide) rings is 1. The molecule has 0 aromatic carbocycles. The second-order valence-corrected chi connectivity index (χ2v) is 8.78. The number of carbonyl (C=O) groups is 2. The maximum Gasteiger partial charge on any atom is 0.490 e. The van der Waals surface area contributed by atoms with Gasteiger partial charge in [-0.2, -0.15) is 13.2 Å². The van der Waals surface area contributed by atoms with Crippen molar-refractivity contribution in [3.05, 3.63) is 28.7 Å². The maximum absolute atomic E-state index is 13.0. The molecular formula is C20H24F5N3O4. The zero-order valence-electron chi connectivity index (χ0n) is 17.4. The summed E-state index contributed by atoms with van der Waals surface area (Å²) >= 11 is 0. The topological polar surface area (TPSA) is 82.8 Å². The second kappa shape index (κ2) is 8.45. The molecule has 32 heavy (non-hydrogen) atoms. The second-order valence-electron chi connectivity index (χ2n) is 8.78. The number of aliphatic carboxylic acids is 1. The van der Waals surface area contributed by atoms with E-state index in [9.17, 15) is 31.5 Å². The van der Waals surface area contributed by atoms with Crippen molar-refractivity contribution in [2.45, 2.75) is 37.8 Å². The third-order valence-corrected chi connectivity index (χ3v) is 6.13. The minimum atomic E-state index is -5.08. The van der Waals surface area contributed by atoms with E-state index in [4.69, 9.17) is 9.90 Å². The van der Waals surface area contributed by atoms with Gasteiger partial charge in [-0.25, -0.2) is 13.6 Å². The molecule has 3 aliphatic rings. The Morgan fingerprint density at radius 2 is 1.81 bits per heavy atom. The Morgan fingerprint density at radius 1 is 1.19 bits per heavy atom. The number of aromatic nitrogens is 1. The Hall–Kier alpha value is -2.50.